The highest BCUT2D eigenvalue weighted by atomic mass is 79.9. The molecule has 2 aromatic carbocycles. The Bertz CT molecular complexity index is 703. The van der Waals surface area contributed by atoms with Gasteiger partial charge >= 0.3 is 0 Å². The zero-order valence-corrected chi connectivity index (χ0v) is 13.9. The molecule has 0 aromatic heterocycles. The number of nitrogens with two attached hydrogens (primary N) is 2. The summed E-state index contributed by atoms with van der Waals surface area (Å²) in [6, 6.07) is 14.1. The van der Waals surface area contributed by atoms with Crippen molar-refractivity contribution in [3.8, 4) is 0 Å². The molecule has 0 heterocycles. The molecule has 0 spiro atoms. The first-order valence-corrected chi connectivity index (χ1v) is 7.69. The highest BCUT2D eigenvalue weighted by molar-refractivity contribution is 9.10. The van der Waals surface area contributed by atoms with Crippen molar-refractivity contribution in [2.75, 3.05) is 12.3 Å². The lowest BCUT2D eigenvalue weighted by molar-refractivity contribution is -0.122. The minimum atomic E-state index is -0.498. The monoisotopic (exact) mass is 376 g/mol. The number of amides is 2. The molecule has 0 saturated carbocycles. The van der Waals surface area contributed by atoms with Crippen molar-refractivity contribution in [2.24, 2.45) is 5.84 Å². The number of rotatable bonds is 5. The number of anilines is 1. The standard InChI is InChI=1S/C16H17BrN4O2/c17-12-7-5-11(6-8-12)9-20-15(22)10-21(19)16(23)13-3-1-2-4-14(13)18/h1-8H,9-10,18-19H2,(H,20,22). The average Bonchev–Trinajstić information content (AvgIpc) is 2.54. The molecule has 120 valence electrons. The Kier molecular flexibility index (Phi) is 5.72. The quantitative estimate of drug-likeness (QED) is 0.319. The number of halogens is 1. The highest BCUT2D eigenvalue weighted by Gasteiger charge is 2.17. The highest BCUT2D eigenvalue weighted by Crippen LogP contribution is 2.12. The van der Waals surface area contributed by atoms with Gasteiger partial charge in [0.1, 0.15) is 6.54 Å². The van der Waals surface area contributed by atoms with Gasteiger partial charge in [0.2, 0.25) is 5.91 Å². The predicted molar refractivity (Wildman–Crippen MR) is 92.1 cm³/mol. The Morgan fingerprint density at radius 1 is 1.09 bits per heavy atom. The number of hydrazine groups is 1. The van der Waals surface area contributed by atoms with Gasteiger partial charge in [-0.25, -0.2) is 5.84 Å². The second-order valence-corrected chi connectivity index (χ2v) is 5.84. The van der Waals surface area contributed by atoms with Crippen LogP contribution in [0, 0.1) is 0 Å². The summed E-state index contributed by atoms with van der Waals surface area (Å²) in [5, 5.41) is 3.56. The molecule has 2 rings (SSSR count). The number of carbonyl (C=O) groups excluding carboxylic acids is 2. The van der Waals surface area contributed by atoms with E-state index in [1.165, 1.54) is 0 Å². The molecule has 23 heavy (non-hydrogen) atoms. The number of benzene rings is 2. The maximum atomic E-state index is 12.1. The smallest absolute Gasteiger partial charge is 0.270 e. The fourth-order valence-electron chi connectivity index (χ4n) is 1.93. The summed E-state index contributed by atoms with van der Waals surface area (Å²) in [6.45, 7) is 0.116. The normalized spacial score (nSPS) is 10.2. The molecule has 0 unspecified atom stereocenters. The Morgan fingerprint density at radius 3 is 2.39 bits per heavy atom. The Balaban J connectivity index is 1.88. The van der Waals surface area contributed by atoms with Crippen LogP contribution in [0.25, 0.3) is 0 Å². The lowest BCUT2D eigenvalue weighted by Gasteiger charge is -2.17. The van der Waals surface area contributed by atoms with Gasteiger partial charge in [0.15, 0.2) is 0 Å². The minimum Gasteiger partial charge on any atom is -0.398 e. The number of nitrogens with one attached hydrogen (secondary N) is 1. The molecule has 6 nitrogen and oxygen atoms in total. The van der Waals surface area contributed by atoms with Crippen LogP contribution < -0.4 is 16.9 Å². The Labute approximate surface area is 142 Å². The number of hydrogen-bond acceptors (Lipinski definition) is 4. The van der Waals surface area contributed by atoms with Crippen molar-refractivity contribution < 1.29 is 9.59 Å². The van der Waals surface area contributed by atoms with Gasteiger partial charge < -0.3 is 11.1 Å². The van der Waals surface area contributed by atoms with E-state index in [2.05, 4.69) is 21.2 Å². The van der Waals surface area contributed by atoms with Crippen LogP contribution in [0.4, 0.5) is 5.69 Å². The lowest BCUT2D eigenvalue weighted by Crippen LogP contribution is -2.44. The van der Waals surface area contributed by atoms with Crippen molar-refractivity contribution in [3.05, 3.63) is 64.1 Å². The maximum Gasteiger partial charge on any atom is 0.270 e. The summed E-state index contributed by atoms with van der Waals surface area (Å²) < 4.78 is 0.965. The van der Waals surface area contributed by atoms with Gasteiger partial charge in [0.25, 0.3) is 5.91 Å². The third-order valence-electron chi connectivity index (χ3n) is 3.17. The van der Waals surface area contributed by atoms with Crippen LogP contribution in [0.1, 0.15) is 15.9 Å². The Hall–Kier alpha value is -2.38. The number of para-hydroxylation sites is 1. The zero-order chi connectivity index (χ0) is 16.8. The van der Waals surface area contributed by atoms with E-state index in [9.17, 15) is 9.59 Å². The summed E-state index contributed by atoms with van der Waals surface area (Å²) in [5.41, 5.74) is 7.27. The molecule has 0 fully saturated rings. The van der Waals surface area contributed by atoms with Gasteiger partial charge in [-0.15, -0.1) is 0 Å². The second kappa shape index (κ2) is 7.75. The van der Waals surface area contributed by atoms with E-state index in [0.717, 1.165) is 15.0 Å². The van der Waals surface area contributed by atoms with E-state index >= 15 is 0 Å². The van der Waals surface area contributed by atoms with E-state index in [1.54, 1.807) is 24.3 Å². The third kappa shape index (κ3) is 4.80. The van der Waals surface area contributed by atoms with Crippen LogP contribution in [0.3, 0.4) is 0 Å². The number of nitrogens with zero attached hydrogens (tertiary/aromatic N) is 1. The first-order valence-electron chi connectivity index (χ1n) is 6.89. The summed E-state index contributed by atoms with van der Waals surface area (Å²) in [4.78, 5) is 24.0. The SMILES string of the molecule is Nc1ccccc1C(=O)N(N)CC(=O)NCc1ccc(Br)cc1. The molecule has 0 atom stereocenters. The first-order chi connectivity index (χ1) is 11.0. The van der Waals surface area contributed by atoms with Crippen LogP contribution in [-0.2, 0) is 11.3 Å². The molecule has 0 saturated heterocycles. The van der Waals surface area contributed by atoms with Crippen LogP contribution >= 0.6 is 15.9 Å². The van der Waals surface area contributed by atoms with Crippen molar-refractivity contribution in [1.82, 2.24) is 10.3 Å². The molecule has 5 N–H and O–H groups in total. The maximum absolute atomic E-state index is 12.1. The van der Waals surface area contributed by atoms with Crippen molar-refractivity contribution in [3.63, 3.8) is 0 Å². The van der Waals surface area contributed by atoms with Crippen molar-refractivity contribution >= 4 is 33.4 Å². The van der Waals surface area contributed by atoms with E-state index in [-0.39, 0.29) is 18.0 Å². The van der Waals surface area contributed by atoms with Crippen molar-refractivity contribution in [1.29, 1.82) is 0 Å². The Morgan fingerprint density at radius 2 is 1.74 bits per heavy atom. The van der Waals surface area contributed by atoms with Gasteiger partial charge in [-0.05, 0) is 29.8 Å². The molecule has 2 aromatic rings. The molecular formula is C16H17BrN4O2. The van der Waals surface area contributed by atoms with Crippen LogP contribution in [0.5, 0.6) is 0 Å². The number of hydrogen-bond donors (Lipinski definition) is 3. The predicted octanol–water partition coefficient (Wildman–Crippen LogP) is 1.66. The van der Waals surface area contributed by atoms with Gasteiger partial charge in [-0.3, -0.25) is 14.6 Å². The fraction of sp³-hybridized carbons (Fsp3) is 0.125. The summed E-state index contributed by atoms with van der Waals surface area (Å²) in [7, 11) is 0. The number of nitrogen functional groups attached to an aromatic ring is 1. The average molecular weight is 377 g/mol. The molecule has 0 aliphatic heterocycles. The zero-order valence-electron chi connectivity index (χ0n) is 12.3. The fourth-order valence-corrected chi connectivity index (χ4v) is 2.20. The number of carbonyl (C=O) groups is 2. The van der Waals surface area contributed by atoms with Crippen LogP contribution in [0.15, 0.2) is 53.0 Å². The lowest BCUT2D eigenvalue weighted by atomic mass is 10.1. The minimum absolute atomic E-state index is 0.246. The molecular weight excluding hydrogens is 360 g/mol. The van der Waals surface area contributed by atoms with E-state index in [4.69, 9.17) is 11.6 Å². The first kappa shape index (κ1) is 17.0. The second-order valence-electron chi connectivity index (χ2n) is 4.92. The van der Waals surface area contributed by atoms with Crippen LogP contribution in [0.2, 0.25) is 0 Å². The van der Waals surface area contributed by atoms with Gasteiger partial charge in [-0.1, -0.05) is 40.2 Å². The molecule has 2 amide bonds. The summed E-state index contributed by atoms with van der Waals surface area (Å²) in [6.07, 6.45) is 0. The molecule has 0 bridgehead atoms. The topological polar surface area (TPSA) is 101 Å². The molecule has 0 aliphatic rings. The summed E-state index contributed by atoms with van der Waals surface area (Å²) in [5.74, 6) is 4.82. The summed E-state index contributed by atoms with van der Waals surface area (Å²) >= 11 is 3.34. The van der Waals surface area contributed by atoms with E-state index in [1.807, 2.05) is 24.3 Å². The molecule has 0 radical (unpaired) electrons. The van der Waals surface area contributed by atoms with E-state index < -0.39 is 5.91 Å². The van der Waals surface area contributed by atoms with Gasteiger partial charge in [0, 0.05) is 16.7 Å². The van der Waals surface area contributed by atoms with Crippen LogP contribution in [-0.4, -0.2) is 23.4 Å². The van der Waals surface area contributed by atoms with Crippen molar-refractivity contribution in [2.45, 2.75) is 6.54 Å². The van der Waals surface area contributed by atoms with E-state index in [0.29, 0.717) is 12.2 Å². The van der Waals surface area contributed by atoms with Gasteiger partial charge in [-0.2, -0.15) is 0 Å². The molecule has 0 aliphatic carbocycles. The van der Waals surface area contributed by atoms with Gasteiger partial charge in [0.05, 0.1) is 5.56 Å². The largest absolute Gasteiger partial charge is 0.398 e. The molecule has 7 heteroatoms. The third-order valence-corrected chi connectivity index (χ3v) is 3.70.